The fourth-order valence-electron chi connectivity index (χ4n) is 3.11. The number of hydrogen-bond acceptors (Lipinski definition) is 5. The van der Waals surface area contributed by atoms with E-state index in [0.717, 1.165) is 22.7 Å². The number of thiazole rings is 1. The van der Waals surface area contributed by atoms with Crippen LogP contribution in [0.25, 0.3) is 0 Å². The number of carbonyl (C=O) groups excluding carboxylic acids is 2. The van der Waals surface area contributed by atoms with E-state index in [1.165, 1.54) is 35.6 Å². The lowest BCUT2D eigenvalue weighted by atomic mass is 10.1. The molecule has 0 aliphatic heterocycles. The molecule has 1 aromatic carbocycles. The smallest absolute Gasteiger partial charge is 0.257 e. The van der Waals surface area contributed by atoms with Crippen molar-refractivity contribution < 1.29 is 14.0 Å². The first-order valence-corrected chi connectivity index (χ1v) is 9.66. The van der Waals surface area contributed by atoms with Crippen molar-refractivity contribution in [2.45, 2.75) is 25.3 Å². The number of nitrogens with one attached hydrogen (secondary N) is 2. The molecular weight excluding hydrogens is 379 g/mol. The van der Waals surface area contributed by atoms with E-state index in [1.807, 2.05) is 18.2 Å². The number of nitrogens with zero attached hydrogens (tertiary/aromatic N) is 2. The summed E-state index contributed by atoms with van der Waals surface area (Å²) in [5, 5.41) is 6.08. The van der Waals surface area contributed by atoms with E-state index in [0.29, 0.717) is 23.7 Å². The number of anilines is 1. The van der Waals surface area contributed by atoms with E-state index in [2.05, 4.69) is 20.6 Å². The number of amides is 2. The molecule has 1 atom stereocenters. The summed E-state index contributed by atoms with van der Waals surface area (Å²) in [6, 6.07) is 10.9. The molecule has 8 heteroatoms. The Hall–Kier alpha value is -3.13. The van der Waals surface area contributed by atoms with Gasteiger partial charge in [-0.2, -0.15) is 0 Å². The third kappa shape index (κ3) is 3.91. The Morgan fingerprint density at radius 2 is 2.00 bits per heavy atom. The van der Waals surface area contributed by atoms with Gasteiger partial charge in [0, 0.05) is 16.6 Å². The number of aromatic nitrogens is 2. The van der Waals surface area contributed by atoms with Gasteiger partial charge in [0.15, 0.2) is 5.13 Å². The Bertz CT molecular complexity index is 1000. The van der Waals surface area contributed by atoms with Crippen molar-refractivity contribution in [1.82, 2.24) is 15.3 Å². The van der Waals surface area contributed by atoms with E-state index in [4.69, 9.17) is 0 Å². The summed E-state index contributed by atoms with van der Waals surface area (Å²) in [6.07, 6.45) is 3.14. The highest BCUT2D eigenvalue weighted by atomic mass is 32.1. The van der Waals surface area contributed by atoms with E-state index < -0.39 is 5.82 Å². The number of rotatable bonds is 5. The molecule has 3 aromatic rings. The van der Waals surface area contributed by atoms with Gasteiger partial charge in [-0.15, -0.1) is 11.3 Å². The summed E-state index contributed by atoms with van der Waals surface area (Å²) in [6.45, 7) is 0.365. The van der Waals surface area contributed by atoms with Gasteiger partial charge in [0.25, 0.3) is 5.91 Å². The molecule has 0 bridgehead atoms. The first kappa shape index (κ1) is 18.2. The number of aryl methyl sites for hydroxylation is 1. The Morgan fingerprint density at radius 1 is 1.18 bits per heavy atom. The Balaban J connectivity index is 1.41. The number of hydrogen-bond donors (Lipinski definition) is 2. The highest BCUT2D eigenvalue weighted by molar-refractivity contribution is 7.16. The van der Waals surface area contributed by atoms with Crippen molar-refractivity contribution in [3.8, 4) is 0 Å². The first-order valence-electron chi connectivity index (χ1n) is 8.84. The molecule has 28 heavy (non-hydrogen) atoms. The predicted molar refractivity (Wildman–Crippen MR) is 104 cm³/mol. The predicted octanol–water partition coefficient (Wildman–Crippen LogP) is 3.28. The van der Waals surface area contributed by atoms with Crippen LogP contribution in [-0.4, -0.2) is 21.8 Å². The summed E-state index contributed by atoms with van der Waals surface area (Å²) < 4.78 is 13.0. The Kier molecular flexibility index (Phi) is 5.12. The molecule has 1 aliphatic carbocycles. The normalized spacial score (nSPS) is 15.1. The molecular formula is C20H17FN4O2S. The number of benzene rings is 1. The van der Waals surface area contributed by atoms with Crippen LogP contribution in [-0.2, 0) is 17.8 Å². The summed E-state index contributed by atoms with van der Waals surface area (Å²) in [7, 11) is 0. The van der Waals surface area contributed by atoms with E-state index in [1.54, 1.807) is 6.20 Å². The Morgan fingerprint density at radius 3 is 2.75 bits per heavy atom. The minimum absolute atomic E-state index is 0.0916. The molecule has 2 amide bonds. The van der Waals surface area contributed by atoms with E-state index >= 15 is 0 Å². The maximum absolute atomic E-state index is 13.0. The van der Waals surface area contributed by atoms with Gasteiger partial charge in [-0.05, 0) is 49.2 Å². The molecule has 0 unspecified atom stereocenters. The van der Waals surface area contributed by atoms with Crippen LogP contribution in [0.1, 0.15) is 39.0 Å². The maximum Gasteiger partial charge on any atom is 0.257 e. The molecule has 6 nitrogen and oxygen atoms in total. The fourth-order valence-corrected chi connectivity index (χ4v) is 4.14. The number of carbonyl (C=O) groups is 2. The summed E-state index contributed by atoms with van der Waals surface area (Å²) in [5.41, 5.74) is 1.86. The van der Waals surface area contributed by atoms with Gasteiger partial charge in [-0.25, -0.2) is 9.37 Å². The third-order valence-electron chi connectivity index (χ3n) is 4.53. The largest absolute Gasteiger partial charge is 0.350 e. The molecule has 142 valence electrons. The number of halogens is 1. The number of pyridine rings is 1. The van der Waals surface area contributed by atoms with Gasteiger partial charge >= 0.3 is 0 Å². The third-order valence-corrected chi connectivity index (χ3v) is 5.58. The van der Waals surface area contributed by atoms with Crippen LogP contribution in [0.2, 0.25) is 0 Å². The minimum Gasteiger partial charge on any atom is -0.350 e. The highest BCUT2D eigenvalue weighted by Crippen LogP contribution is 2.38. The minimum atomic E-state index is -0.399. The summed E-state index contributed by atoms with van der Waals surface area (Å²) >= 11 is 1.37. The lowest BCUT2D eigenvalue weighted by Gasteiger charge is -2.10. The van der Waals surface area contributed by atoms with Crippen LogP contribution in [0, 0.1) is 5.82 Å². The molecule has 4 rings (SSSR count). The van der Waals surface area contributed by atoms with Crippen molar-refractivity contribution >= 4 is 28.3 Å². The molecule has 0 radical (unpaired) electrons. The second kappa shape index (κ2) is 7.85. The molecule has 2 heterocycles. The van der Waals surface area contributed by atoms with Crippen LogP contribution in [0.5, 0.6) is 0 Å². The van der Waals surface area contributed by atoms with Gasteiger partial charge in [-0.1, -0.05) is 6.07 Å². The average molecular weight is 396 g/mol. The molecule has 0 saturated heterocycles. The molecule has 0 spiro atoms. The zero-order valence-corrected chi connectivity index (χ0v) is 15.6. The molecule has 0 saturated carbocycles. The van der Waals surface area contributed by atoms with Crippen molar-refractivity contribution in [3.63, 3.8) is 0 Å². The molecule has 2 aromatic heterocycles. The SMILES string of the molecule is O=C(Nc1nc2c(s1)CC[C@@H]2C(=O)NCc1ccccn1)c1ccc(F)cc1. The standard InChI is InChI=1S/C20H17FN4O2S/c21-13-6-4-12(5-7-13)18(26)25-20-24-17-15(8-9-16(17)28-20)19(27)23-11-14-3-1-2-10-22-14/h1-7,10,15H,8-9,11H2,(H,23,27)(H,24,25,26)/t15-/m0/s1. The Labute approximate surface area is 164 Å². The number of fused-ring (bicyclic) bond motifs is 1. The quantitative estimate of drug-likeness (QED) is 0.693. The zero-order valence-electron chi connectivity index (χ0n) is 14.8. The maximum atomic E-state index is 13.0. The van der Waals surface area contributed by atoms with E-state index in [-0.39, 0.29) is 17.7 Å². The second-order valence-electron chi connectivity index (χ2n) is 6.42. The molecule has 0 fully saturated rings. The lowest BCUT2D eigenvalue weighted by molar-refractivity contribution is -0.122. The van der Waals surface area contributed by atoms with Gasteiger partial charge < -0.3 is 5.32 Å². The van der Waals surface area contributed by atoms with Crippen LogP contribution >= 0.6 is 11.3 Å². The van der Waals surface area contributed by atoms with Gasteiger partial charge in [0.2, 0.25) is 5.91 Å². The van der Waals surface area contributed by atoms with Gasteiger partial charge in [-0.3, -0.25) is 19.9 Å². The summed E-state index contributed by atoms with van der Waals surface area (Å²) in [5.74, 6) is -1.18. The van der Waals surface area contributed by atoms with Crippen molar-refractivity contribution in [3.05, 3.63) is 76.3 Å². The average Bonchev–Trinajstić information content (AvgIpc) is 3.27. The van der Waals surface area contributed by atoms with Gasteiger partial charge in [0.05, 0.1) is 23.9 Å². The van der Waals surface area contributed by atoms with Crippen LogP contribution in [0.15, 0.2) is 48.7 Å². The zero-order chi connectivity index (χ0) is 19.5. The van der Waals surface area contributed by atoms with Crippen molar-refractivity contribution in [1.29, 1.82) is 0 Å². The van der Waals surface area contributed by atoms with Crippen molar-refractivity contribution in [2.75, 3.05) is 5.32 Å². The van der Waals surface area contributed by atoms with Crippen LogP contribution < -0.4 is 10.6 Å². The monoisotopic (exact) mass is 396 g/mol. The highest BCUT2D eigenvalue weighted by Gasteiger charge is 2.32. The topological polar surface area (TPSA) is 84.0 Å². The van der Waals surface area contributed by atoms with Crippen molar-refractivity contribution in [2.24, 2.45) is 0 Å². The van der Waals surface area contributed by atoms with Crippen LogP contribution in [0.4, 0.5) is 9.52 Å². The summed E-state index contributed by atoms with van der Waals surface area (Å²) in [4.78, 5) is 34.5. The van der Waals surface area contributed by atoms with E-state index in [9.17, 15) is 14.0 Å². The van der Waals surface area contributed by atoms with Gasteiger partial charge in [0.1, 0.15) is 5.82 Å². The molecule has 1 aliphatic rings. The second-order valence-corrected chi connectivity index (χ2v) is 7.50. The van der Waals surface area contributed by atoms with Crippen LogP contribution in [0.3, 0.4) is 0 Å². The molecule has 2 N–H and O–H groups in total. The fraction of sp³-hybridized carbons (Fsp3) is 0.200. The lowest BCUT2D eigenvalue weighted by Crippen LogP contribution is -2.28. The first-order chi connectivity index (χ1) is 13.6.